The van der Waals surface area contributed by atoms with Crippen molar-refractivity contribution in [1.82, 2.24) is 5.32 Å². The fourth-order valence-corrected chi connectivity index (χ4v) is 1.79. The van der Waals surface area contributed by atoms with E-state index < -0.39 is 18.2 Å². The normalized spacial score (nSPS) is 17.3. The van der Waals surface area contributed by atoms with Gasteiger partial charge in [0.05, 0.1) is 0 Å². The Kier molecular flexibility index (Phi) is 2.82. The molecule has 1 amide bonds. The third-order valence-electron chi connectivity index (χ3n) is 2.68. The van der Waals surface area contributed by atoms with E-state index >= 15 is 0 Å². The summed E-state index contributed by atoms with van der Waals surface area (Å²) in [4.78, 5) is 11.4. The van der Waals surface area contributed by atoms with Gasteiger partial charge >= 0.3 is 6.18 Å². The van der Waals surface area contributed by atoms with E-state index in [1.165, 1.54) is 12.1 Å². The van der Waals surface area contributed by atoms with E-state index in [9.17, 15) is 18.0 Å². The lowest BCUT2D eigenvalue weighted by atomic mass is 9.96. The van der Waals surface area contributed by atoms with Gasteiger partial charge < -0.3 is 10.4 Å². The highest BCUT2D eigenvalue weighted by atomic mass is 19.4. The molecule has 0 aliphatic carbocycles. The molecule has 0 bridgehead atoms. The van der Waals surface area contributed by atoms with E-state index in [1.54, 1.807) is 0 Å². The predicted octanol–water partition coefficient (Wildman–Crippen LogP) is 1.57. The summed E-state index contributed by atoms with van der Waals surface area (Å²) in [6.07, 6.45) is -6.69. The third-order valence-corrected chi connectivity index (χ3v) is 2.68. The highest BCUT2D eigenvalue weighted by Gasteiger charge is 2.39. The molecule has 1 aromatic carbocycles. The number of halogens is 3. The highest BCUT2D eigenvalue weighted by molar-refractivity contribution is 5.96. The van der Waals surface area contributed by atoms with Gasteiger partial charge in [-0.3, -0.25) is 4.79 Å². The van der Waals surface area contributed by atoms with Crippen LogP contribution < -0.4 is 5.32 Å². The van der Waals surface area contributed by atoms with Crippen molar-refractivity contribution in [3.63, 3.8) is 0 Å². The highest BCUT2D eigenvalue weighted by Crippen LogP contribution is 2.33. The first kappa shape index (κ1) is 11.9. The number of fused-ring (bicyclic) bond motifs is 1. The van der Waals surface area contributed by atoms with Crippen LogP contribution >= 0.6 is 0 Å². The number of aliphatic hydroxyl groups excluding tert-OH is 1. The third kappa shape index (κ3) is 2.26. The summed E-state index contributed by atoms with van der Waals surface area (Å²) in [5.74, 6) is -0.400. The number of nitrogens with one attached hydrogen (secondary N) is 1. The topological polar surface area (TPSA) is 49.3 Å². The largest absolute Gasteiger partial charge is 0.418 e. The summed E-state index contributed by atoms with van der Waals surface area (Å²) in [6, 6.07) is 3.76. The van der Waals surface area contributed by atoms with E-state index in [0.29, 0.717) is 18.5 Å². The summed E-state index contributed by atoms with van der Waals surface area (Å²) in [7, 11) is 0. The number of benzene rings is 1. The fourth-order valence-electron chi connectivity index (χ4n) is 1.79. The van der Waals surface area contributed by atoms with Crippen LogP contribution in [0.25, 0.3) is 0 Å². The van der Waals surface area contributed by atoms with Crippen LogP contribution in [0, 0.1) is 0 Å². The summed E-state index contributed by atoms with van der Waals surface area (Å²) in [5.41, 5.74) is 0.595. The molecule has 3 nitrogen and oxygen atoms in total. The van der Waals surface area contributed by atoms with Crippen LogP contribution in [0.1, 0.15) is 27.6 Å². The Labute approximate surface area is 95.3 Å². The van der Waals surface area contributed by atoms with Crippen LogP contribution in [0.5, 0.6) is 0 Å². The van der Waals surface area contributed by atoms with Gasteiger partial charge in [-0.2, -0.15) is 13.2 Å². The second kappa shape index (κ2) is 4.03. The van der Waals surface area contributed by atoms with Gasteiger partial charge in [0, 0.05) is 12.1 Å². The minimum Gasteiger partial charge on any atom is -0.379 e. The number of alkyl halides is 3. The van der Waals surface area contributed by atoms with Crippen LogP contribution in [0.15, 0.2) is 18.2 Å². The molecule has 0 saturated heterocycles. The van der Waals surface area contributed by atoms with Crippen molar-refractivity contribution < 1.29 is 23.1 Å². The van der Waals surface area contributed by atoms with Gasteiger partial charge in [0.1, 0.15) is 0 Å². The van der Waals surface area contributed by atoms with Crippen molar-refractivity contribution in [2.75, 3.05) is 6.54 Å². The molecule has 6 heteroatoms. The minimum atomic E-state index is -4.72. The van der Waals surface area contributed by atoms with Crippen molar-refractivity contribution in [1.29, 1.82) is 0 Å². The summed E-state index contributed by atoms with van der Waals surface area (Å²) in [6.45, 7) is 0.479. The molecular formula is C11H10F3NO2. The van der Waals surface area contributed by atoms with Gasteiger partial charge in [-0.05, 0) is 23.6 Å². The zero-order chi connectivity index (χ0) is 12.6. The zero-order valence-corrected chi connectivity index (χ0v) is 8.71. The Morgan fingerprint density at radius 3 is 2.71 bits per heavy atom. The van der Waals surface area contributed by atoms with Crippen LogP contribution in [-0.4, -0.2) is 23.7 Å². The molecule has 1 aromatic rings. The maximum Gasteiger partial charge on any atom is 0.418 e. The number of amides is 1. The number of hydrogen-bond acceptors (Lipinski definition) is 2. The number of carbonyl (C=O) groups excluding carboxylic acids is 1. The summed E-state index contributed by atoms with van der Waals surface area (Å²) in [5, 5.41) is 11.6. The first-order valence-electron chi connectivity index (χ1n) is 5.05. The smallest absolute Gasteiger partial charge is 0.379 e. The van der Waals surface area contributed by atoms with E-state index in [1.807, 2.05) is 0 Å². The van der Waals surface area contributed by atoms with Crippen LogP contribution in [0.3, 0.4) is 0 Å². The fraction of sp³-hybridized carbons (Fsp3) is 0.364. The molecule has 17 heavy (non-hydrogen) atoms. The number of carbonyl (C=O) groups is 1. The molecule has 1 aliphatic heterocycles. The molecule has 1 atom stereocenters. The van der Waals surface area contributed by atoms with Gasteiger partial charge in [0.2, 0.25) is 0 Å². The van der Waals surface area contributed by atoms with Crippen LogP contribution in [0.4, 0.5) is 13.2 Å². The van der Waals surface area contributed by atoms with Gasteiger partial charge in [-0.25, -0.2) is 0 Å². The van der Waals surface area contributed by atoms with E-state index in [-0.39, 0.29) is 11.1 Å². The lowest BCUT2D eigenvalue weighted by Crippen LogP contribution is -2.32. The molecule has 0 radical (unpaired) electrons. The Bertz CT molecular complexity index is 457. The number of aliphatic hydroxyl groups is 1. The maximum absolute atomic E-state index is 12.3. The van der Waals surface area contributed by atoms with Gasteiger partial charge in [0.15, 0.2) is 6.10 Å². The van der Waals surface area contributed by atoms with Crippen molar-refractivity contribution in [2.24, 2.45) is 0 Å². The monoisotopic (exact) mass is 245 g/mol. The van der Waals surface area contributed by atoms with Crippen molar-refractivity contribution in [3.8, 4) is 0 Å². The van der Waals surface area contributed by atoms with Crippen molar-refractivity contribution in [2.45, 2.75) is 18.7 Å². The van der Waals surface area contributed by atoms with Gasteiger partial charge in [-0.15, -0.1) is 0 Å². The molecule has 92 valence electrons. The lowest BCUT2D eigenvalue weighted by molar-refractivity contribution is -0.206. The molecule has 2 N–H and O–H groups in total. The minimum absolute atomic E-state index is 0.206. The Hall–Kier alpha value is -1.56. The standard InChI is InChI=1S/C11H10F3NO2/c12-11(13,14)9(16)7-2-1-6-3-4-15-10(17)8(6)5-7/h1-2,5,9,16H,3-4H2,(H,15,17). The summed E-state index contributed by atoms with van der Waals surface area (Å²) >= 11 is 0. The molecule has 0 saturated carbocycles. The van der Waals surface area contributed by atoms with Gasteiger partial charge in [-0.1, -0.05) is 12.1 Å². The molecule has 2 rings (SSSR count). The molecule has 1 aliphatic rings. The van der Waals surface area contributed by atoms with Gasteiger partial charge in [0.25, 0.3) is 5.91 Å². The van der Waals surface area contributed by atoms with Crippen molar-refractivity contribution in [3.05, 3.63) is 34.9 Å². The second-order valence-electron chi connectivity index (χ2n) is 3.87. The predicted molar refractivity (Wildman–Crippen MR) is 53.5 cm³/mol. The maximum atomic E-state index is 12.3. The second-order valence-corrected chi connectivity index (χ2v) is 3.87. The average molecular weight is 245 g/mol. The van der Waals surface area contributed by atoms with Crippen LogP contribution in [-0.2, 0) is 6.42 Å². The molecule has 1 unspecified atom stereocenters. The number of hydrogen-bond donors (Lipinski definition) is 2. The lowest BCUT2D eigenvalue weighted by Gasteiger charge is -2.20. The molecule has 1 heterocycles. The van der Waals surface area contributed by atoms with E-state index in [2.05, 4.69) is 5.32 Å². The first-order valence-corrected chi connectivity index (χ1v) is 5.05. The van der Waals surface area contributed by atoms with Crippen molar-refractivity contribution >= 4 is 5.91 Å². The molecule has 0 spiro atoms. The number of rotatable bonds is 1. The molecule has 0 aromatic heterocycles. The quantitative estimate of drug-likeness (QED) is 0.789. The average Bonchev–Trinajstić information content (AvgIpc) is 2.27. The Morgan fingerprint density at radius 2 is 2.06 bits per heavy atom. The Morgan fingerprint density at radius 1 is 1.35 bits per heavy atom. The first-order chi connectivity index (χ1) is 7.89. The molecular weight excluding hydrogens is 235 g/mol. The summed E-state index contributed by atoms with van der Waals surface area (Å²) < 4.78 is 36.9. The van der Waals surface area contributed by atoms with E-state index in [4.69, 9.17) is 5.11 Å². The zero-order valence-electron chi connectivity index (χ0n) is 8.71. The SMILES string of the molecule is O=C1NCCc2ccc(C(O)C(F)(F)F)cc21. The molecule has 0 fully saturated rings. The van der Waals surface area contributed by atoms with E-state index in [0.717, 1.165) is 6.07 Å². The van der Waals surface area contributed by atoms with Crippen LogP contribution in [0.2, 0.25) is 0 Å². The Balaban J connectivity index is 2.39.